The smallest absolute Gasteiger partial charge is 0.264 e. The second kappa shape index (κ2) is 8.57. The molecule has 0 N–H and O–H groups in total. The Kier molecular flexibility index (Phi) is 6.13. The third kappa shape index (κ3) is 4.38. The molecule has 152 valence electrons. The highest BCUT2D eigenvalue weighted by Gasteiger charge is 2.30. The Labute approximate surface area is 172 Å². The molecule has 0 amide bonds. The first-order chi connectivity index (χ1) is 13.9. The number of nitrogens with zero attached hydrogens (tertiary/aromatic N) is 1. The fourth-order valence-electron chi connectivity index (χ4n) is 3.23. The molecule has 0 aliphatic rings. The fraction of sp³-hybridized carbons (Fsp3) is 0.217. The van der Waals surface area contributed by atoms with Gasteiger partial charge in [0.1, 0.15) is 11.5 Å². The maximum atomic E-state index is 13.6. The van der Waals surface area contributed by atoms with Gasteiger partial charge in [0, 0.05) is 0 Å². The van der Waals surface area contributed by atoms with Crippen LogP contribution in [-0.4, -0.2) is 22.6 Å². The molecule has 3 rings (SSSR count). The molecular formula is C23H25NO4S. The predicted molar refractivity (Wildman–Crippen MR) is 115 cm³/mol. The molecule has 0 saturated heterocycles. The molecule has 0 spiro atoms. The molecule has 0 aliphatic carbocycles. The van der Waals surface area contributed by atoms with Crippen LogP contribution in [0.4, 0.5) is 5.69 Å². The van der Waals surface area contributed by atoms with Gasteiger partial charge in [-0.05, 0) is 67.9 Å². The summed E-state index contributed by atoms with van der Waals surface area (Å²) in [6.45, 7) is 3.88. The van der Waals surface area contributed by atoms with Gasteiger partial charge in [0.25, 0.3) is 10.0 Å². The van der Waals surface area contributed by atoms with Crippen LogP contribution in [0.25, 0.3) is 0 Å². The van der Waals surface area contributed by atoms with Crippen LogP contribution in [0, 0.1) is 6.92 Å². The van der Waals surface area contributed by atoms with Crippen molar-refractivity contribution in [3.8, 4) is 11.5 Å². The first-order valence-corrected chi connectivity index (χ1v) is 10.7. The second-order valence-corrected chi connectivity index (χ2v) is 8.58. The minimum Gasteiger partial charge on any atom is -0.497 e. The Hall–Kier alpha value is -2.99. The van der Waals surface area contributed by atoms with Gasteiger partial charge >= 0.3 is 0 Å². The molecule has 0 heterocycles. The molecule has 0 saturated carbocycles. The molecule has 29 heavy (non-hydrogen) atoms. The van der Waals surface area contributed by atoms with E-state index in [-0.39, 0.29) is 4.90 Å². The molecule has 0 aliphatic heterocycles. The van der Waals surface area contributed by atoms with Crippen LogP contribution in [0.15, 0.2) is 77.7 Å². The van der Waals surface area contributed by atoms with E-state index in [4.69, 9.17) is 9.47 Å². The van der Waals surface area contributed by atoms with Gasteiger partial charge in [0.05, 0.1) is 30.8 Å². The summed E-state index contributed by atoms with van der Waals surface area (Å²) >= 11 is 0. The van der Waals surface area contributed by atoms with Crippen molar-refractivity contribution < 1.29 is 17.9 Å². The summed E-state index contributed by atoms with van der Waals surface area (Å²) in [5.74, 6) is 1.27. The first-order valence-electron chi connectivity index (χ1n) is 9.26. The number of rotatable bonds is 7. The van der Waals surface area contributed by atoms with Crippen LogP contribution >= 0.6 is 0 Å². The molecule has 1 atom stereocenters. The van der Waals surface area contributed by atoms with Crippen molar-refractivity contribution in [1.29, 1.82) is 0 Å². The minimum absolute atomic E-state index is 0.202. The van der Waals surface area contributed by atoms with Gasteiger partial charge < -0.3 is 9.47 Å². The minimum atomic E-state index is -3.82. The number of benzene rings is 3. The summed E-state index contributed by atoms with van der Waals surface area (Å²) in [4.78, 5) is 0.202. The summed E-state index contributed by atoms with van der Waals surface area (Å²) in [6.07, 6.45) is 0. The molecule has 0 fully saturated rings. The van der Waals surface area contributed by atoms with E-state index in [2.05, 4.69) is 0 Å². The van der Waals surface area contributed by atoms with Crippen LogP contribution in [0.5, 0.6) is 11.5 Å². The van der Waals surface area contributed by atoms with Crippen molar-refractivity contribution in [3.63, 3.8) is 0 Å². The van der Waals surface area contributed by atoms with Crippen molar-refractivity contribution in [2.24, 2.45) is 0 Å². The van der Waals surface area contributed by atoms with Crippen LogP contribution in [-0.2, 0) is 10.0 Å². The Morgan fingerprint density at radius 1 is 0.828 bits per heavy atom. The summed E-state index contributed by atoms with van der Waals surface area (Å²) in [6, 6.07) is 20.9. The maximum absolute atomic E-state index is 13.6. The van der Waals surface area contributed by atoms with Gasteiger partial charge in [-0.2, -0.15) is 0 Å². The molecule has 0 aromatic heterocycles. The summed E-state index contributed by atoms with van der Waals surface area (Å²) < 4.78 is 39.1. The normalized spacial score (nSPS) is 12.3. The van der Waals surface area contributed by atoms with Crippen LogP contribution in [0.2, 0.25) is 0 Å². The number of hydrogen-bond acceptors (Lipinski definition) is 4. The van der Waals surface area contributed by atoms with Crippen molar-refractivity contribution in [3.05, 3.63) is 83.9 Å². The predicted octanol–water partition coefficient (Wildman–Crippen LogP) is 4.97. The van der Waals surface area contributed by atoms with E-state index in [1.807, 2.05) is 38.1 Å². The highest BCUT2D eigenvalue weighted by atomic mass is 32.2. The lowest BCUT2D eigenvalue weighted by Gasteiger charge is -2.31. The molecule has 0 radical (unpaired) electrons. The topological polar surface area (TPSA) is 55.8 Å². The van der Waals surface area contributed by atoms with Gasteiger partial charge in [0.2, 0.25) is 0 Å². The summed E-state index contributed by atoms with van der Waals surface area (Å²) in [5, 5.41) is 0. The largest absolute Gasteiger partial charge is 0.497 e. The van der Waals surface area contributed by atoms with Gasteiger partial charge in [-0.15, -0.1) is 0 Å². The standard InChI is InChI=1S/C23H25NO4S/c1-17-6-5-7-19(16-17)18(2)24(20-8-10-21(27-3)11-9-20)29(25,26)23-14-12-22(28-4)13-15-23/h5-16,18H,1-4H3/t18-/m1/s1. The Morgan fingerprint density at radius 2 is 1.38 bits per heavy atom. The number of sulfonamides is 1. The zero-order valence-corrected chi connectivity index (χ0v) is 17.8. The first kappa shape index (κ1) is 20.7. The van der Waals surface area contributed by atoms with E-state index in [1.165, 1.54) is 4.31 Å². The van der Waals surface area contributed by atoms with Crippen molar-refractivity contribution >= 4 is 15.7 Å². The monoisotopic (exact) mass is 411 g/mol. The number of ether oxygens (including phenoxy) is 2. The SMILES string of the molecule is COc1ccc(N([C@H](C)c2cccc(C)c2)S(=O)(=O)c2ccc(OC)cc2)cc1. The molecule has 0 unspecified atom stereocenters. The van der Waals surface area contributed by atoms with Crippen LogP contribution in [0.1, 0.15) is 24.1 Å². The molecule has 3 aromatic rings. The number of aryl methyl sites for hydroxylation is 1. The number of methoxy groups -OCH3 is 2. The van der Waals surface area contributed by atoms with Gasteiger partial charge in [-0.3, -0.25) is 4.31 Å². The zero-order valence-electron chi connectivity index (χ0n) is 17.0. The average molecular weight is 412 g/mol. The van der Waals surface area contributed by atoms with Crippen molar-refractivity contribution in [2.45, 2.75) is 24.8 Å². The van der Waals surface area contributed by atoms with E-state index in [1.54, 1.807) is 62.8 Å². The molecule has 6 heteroatoms. The Bertz CT molecular complexity index is 1060. The third-order valence-electron chi connectivity index (χ3n) is 4.82. The fourth-order valence-corrected chi connectivity index (χ4v) is 4.87. The summed E-state index contributed by atoms with van der Waals surface area (Å²) in [5.41, 5.74) is 2.56. The Morgan fingerprint density at radius 3 is 1.90 bits per heavy atom. The van der Waals surface area contributed by atoms with Gasteiger partial charge in [0.15, 0.2) is 0 Å². The van der Waals surface area contributed by atoms with E-state index < -0.39 is 16.1 Å². The quantitative estimate of drug-likeness (QED) is 0.551. The lowest BCUT2D eigenvalue weighted by Crippen LogP contribution is -2.33. The molecule has 5 nitrogen and oxygen atoms in total. The third-order valence-corrected chi connectivity index (χ3v) is 6.73. The van der Waals surface area contributed by atoms with Crippen molar-refractivity contribution in [2.75, 3.05) is 18.5 Å². The highest BCUT2D eigenvalue weighted by Crippen LogP contribution is 2.34. The second-order valence-electron chi connectivity index (χ2n) is 6.76. The maximum Gasteiger partial charge on any atom is 0.264 e. The van der Waals surface area contributed by atoms with E-state index in [9.17, 15) is 8.42 Å². The van der Waals surface area contributed by atoms with E-state index >= 15 is 0 Å². The van der Waals surface area contributed by atoms with Gasteiger partial charge in [-0.25, -0.2) is 8.42 Å². The Balaban J connectivity index is 2.12. The van der Waals surface area contributed by atoms with Gasteiger partial charge in [-0.1, -0.05) is 29.8 Å². The number of hydrogen-bond donors (Lipinski definition) is 0. The lowest BCUT2D eigenvalue weighted by molar-refractivity contribution is 0.414. The van der Waals surface area contributed by atoms with E-state index in [0.717, 1.165) is 11.1 Å². The van der Waals surface area contributed by atoms with Crippen LogP contribution < -0.4 is 13.8 Å². The lowest BCUT2D eigenvalue weighted by atomic mass is 10.1. The highest BCUT2D eigenvalue weighted by molar-refractivity contribution is 7.92. The molecular weight excluding hydrogens is 386 g/mol. The van der Waals surface area contributed by atoms with E-state index in [0.29, 0.717) is 17.2 Å². The van der Waals surface area contributed by atoms with Crippen molar-refractivity contribution in [1.82, 2.24) is 0 Å². The molecule has 0 bridgehead atoms. The summed E-state index contributed by atoms with van der Waals surface area (Å²) in [7, 11) is -0.694. The number of anilines is 1. The average Bonchev–Trinajstić information content (AvgIpc) is 2.74. The zero-order chi connectivity index (χ0) is 21.0. The molecule has 3 aromatic carbocycles. The van der Waals surface area contributed by atoms with Crippen LogP contribution in [0.3, 0.4) is 0 Å².